The van der Waals surface area contributed by atoms with Crippen molar-refractivity contribution < 1.29 is 18.4 Å². The number of fused-ring (bicyclic) bond motifs is 1. The quantitative estimate of drug-likeness (QED) is 0.580. The van der Waals surface area contributed by atoms with Crippen LogP contribution >= 0.6 is 0 Å². The first kappa shape index (κ1) is 22.6. The van der Waals surface area contributed by atoms with E-state index in [4.69, 9.17) is 5.73 Å². The number of nitrogens with one attached hydrogen (secondary N) is 2. The molecule has 0 bridgehead atoms. The number of carbonyl (C=O) groups is 2. The van der Waals surface area contributed by atoms with Gasteiger partial charge in [-0.15, -0.1) is 0 Å². The van der Waals surface area contributed by atoms with Crippen LogP contribution < -0.4 is 16.4 Å². The molecule has 0 aliphatic carbocycles. The van der Waals surface area contributed by atoms with Gasteiger partial charge in [-0.25, -0.2) is 18.7 Å². The van der Waals surface area contributed by atoms with Crippen molar-refractivity contribution in [2.45, 2.75) is 51.5 Å². The van der Waals surface area contributed by atoms with Crippen LogP contribution in [0.15, 0.2) is 12.3 Å². The molecule has 1 atom stereocenters. The normalized spacial score (nSPS) is 17.0. The molecule has 1 fully saturated rings. The summed E-state index contributed by atoms with van der Waals surface area (Å²) in [6.07, 6.45) is 3.98. The highest BCUT2D eigenvalue weighted by atomic mass is 19.3. The summed E-state index contributed by atoms with van der Waals surface area (Å²) in [5, 5.41) is 6.16. The van der Waals surface area contributed by atoms with Crippen LogP contribution in [0.25, 0.3) is 11.0 Å². The standard InChI is InChI=1S/C20H27F2N7O2/c1-4-5-6-19(3,9-25-12(2)30)28-16-15-14(26-18(23)27-16)7-13(8-24-15)17(31)29-10-20(21,22)11-29/h7-8H,4-6,9-11H2,1-3H3,(H,25,30)(H3,23,26,27,28)/t19-/m1/s1. The lowest BCUT2D eigenvalue weighted by Crippen LogP contribution is -2.58. The number of alkyl halides is 2. The van der Waals surface area contributed by atoms with Crippen molar-refractivity contribution in [1.29, 1.82) is 0 Å². The van der Waals surface area contributed by atoms with Gasteiger partial charge in [-0.05, 0) is 19.4 Å². The van der Waals surface area contributed by atoms with E-state index in [1.54, 1.807) is 0 Å². The Bertz CT molecular complexity index is 993. The van der Waals surface area contributed by atoms with Crippen LogP contribution in [0.1, 0.15) is 50.4 Å². The molecule has 0 saturated carbocycles. The SMILES string of the molecule is CCCC[C@](C)(CNC(C)=O)Nc1nc(N)nc2cc(C(=O)N3CC(F)(F)C3)cnc12. The summed E-state index contributed by atoms with van der Waals surface area (Å²) in [7, 11) is 0. The minimum absolute atomic E-state index is 0.0192. The fourth-order valence-corrected chi connectivity index (χ4v) is 3.45. The molecule has 1 aliphatic rings. The van der Waals surface area contributed by atoms with E-state index in [1.807, 2.05) is 6.92 Å². The Hall–Kier alpha value is -3.11. The molecule has 168 valence electrons. The van der Waals surface area contributed by atoms with Crippen molar-refractivity contribution in [2.24, 2.45) is 0 Å². The van der Waals surface area contributed by atoms with E-state index in [1.165, 1.54) is 19.2 Å². The number of pyridine rings is 1. The molecule has 0 spiro atoms. The van der Waals surface area contributed by atoms with Gasteiger partial charge < -0.3 is 21.3 Å². The van der Waals surface area contributed by atoms with Crippen molar-refractivity contribution >= 4 is 34.6 Å². The molecule has 0 aromatic carbocycles. The maximum absolute atomic E-state index is 13.1. The van der Waals surface area contributed by atoms with Gasteiger partial charge in [-0.1, -0.05) is 19.8 Å². The zero-order valence-corrected chi connectivity index (χ0v) is 17.8. The molecule has 0 radical (unpaired) electrons. The van der Waals surface area contributed by atoms with Crippen LogP contribution in [-0.4, -0.2) is 62.8 Å². The highest BCUT2D eigenvalue weighted by Crippen LogP contribution is 2.29. The topological polar surface area (TPSA) is 126 Å². The fourth-order valence-electron chi connectivity index (χ4n) is 3.45. The van der Waals surface area contributed by atoms with E-state index >= 15 is 0 Å². The smallest absolute Gasteiger partial charge is 0.282 e. The second kappa shape index (κ2) is 8.56. The summed E-state index contributed by atoms with van der Waals surface area (Å²) in [5.41, 5.74) is 6.22. The Morgan fingerprint density at radius 3 is 2.65 bits per heavy atom. The Morgan fingerprint density at radius 1 is 1.32 bits per heavy atom. The molecular formula is C20H27F2N7O2. The Morgan fingerprint density at radius 2 is 2.03 bits per heavy atom. The average Bonchev–Trinajstić information content (AvgIpc) is 2.68. The van der Waals surface area contributed by atoms with Crippen LogP contribution in [0.3, 0.4) is 0 Å². The molecule has 3 heterocycles. The molecule has 0 unspecified atom stereocenters. The van der Waals surface area contributed by atoms with E-state index < -0.39 is 30.5 Å². The number of nitrogens with two attached hydrogens (primary N) is 1. The van der Waals surface area contributed by atoms with E-state index in [0.717, 1.165) is 24.2 Å². The summed E-state index contributed by atoms with van der Waals surface area (Å²) in [5.74, 6) is -3.17. The van der Waals surface area contributed by atoms with Gasteiger partial charge in [0.15, 0.2) is 5.82 Å². The zero-order chi connectivity index (χ0) is 22.8. The van der Waals surface area contributed by atoms with Crippen LogP contribution in [0.4, 0.5) is 20.5 Å². The second-order valence-corrected chi connectivity index (χ2v) is 8.24. The van der Waals surface area contributed by atoms with Crippen molar-refractivity contribution in [3.63, 3.8) is 0 Å². The first-order valence-electron chi connectivity index (χ1n) is 10.1. The highest BCUT2D eigenvalue weighted by Gasteiger charge is 2.46. The molecule has 4 N–H and O–H groups in total. The first-order chi connectivity index (χ1) is 14.5. The van der Waals surface area contributed by atoms with Crippen LogP contribution in [0.2, 0.25) is 0 Å². The molecule has 2 amide bonds. The highest BCUT2D eigenvalue weighted by molar-refractivity contribution is 5.98. The maximum Gasteiger partial charge on any atom is 0.282 e. The third-order valence-electron chi connectivity index (χ3n) is 5.16. The molecule has 1 aliphatic heterocycles. The molecule has 31 heavy (non-hydrogen) atoms. The number of likely N-dealkylation sites (tertiary alicyclic amines) is 1. The Kier molecular flexibility index (Phi) is 6.23. The fraction of sp³-hybridized carbons (Fsp3) is 0.550. The first-order valence-corrected chi connectivity index (χ1v) is 10.1. The van der Waals surface area contributed by atoms with Gasteiger partial charge in [0, 0.05) is 19.7 Å². The van der Waals surface area contributed by atoms with E-state index in [2.05, 4.69) is 32.5 Å². The lowest BCUT2D eigenvalue weighted by atomic mass is 9.94. The van der Waals surface area contributed by atoms with E-state index in [9.17, 15) is 18.4 Å². The lowest BCUT2D eigenvalue weighted by molar-refractivity contribution is -0.119. The molecule has 2 aromatic heterocycles. The monoisotopic (exact) mass is 435 g/mol. The maximum atomic E-state index is 13.1. The van der Waals surface area contributed by atoms with Crippen molar-refractivity contribution in [2.75, 3.05) is 30.7 Å². The predicted molar refractivity (Wildman–Crippen MR) is 113 cm³/mol. The number of hydrogen-bond acceptors (Lipinski definition) is 7. The Labute approximate surface area is 178 Å². The third-order valence-corrected chi connectivity index (χ3v) is 5.16. The number of carbonyl (C=O) groups excluding carboxylic acids is 2. The van der Waals surface area contributed by atoms with Crippen molar-refractivity contribution in [3.05, 3.63) is 17.8 Å². The summed E-state index contributed by atoms with van der Waals surface area (Å²) in [6.45, 7) is 4.64. The number of nitrogen functional groups attached to an aromatic ring is 1. The predicted octanol–water partition coefficient (Wildman–Crippen LogP) is 2.19. The average molecular weight is 435 g/mol. The van der Waals surface area contributed by atoms with Crippen LogP contribution in [0.5, 0.6) is 0 Å². The zero-order valence-electron chi connectivity index (χ0n) is 17.8. The minimum Gasteiger partial charge on any atom is -0.368 e. The molecule has 3 rings (SSSR count). The van der Waals surface area contributed by atoms with Gasteiger partial charge in [0.25, 0.3) is 11.8 Å². The van der Waals surface area contributed by atoms with Gasteiger partial charge in [0.1, 0.15) is 5.52 Å². The van der Waals surface area contributed by atoms with Gasteiger partial charge in [0.2, 0.25) is 11.9 Å². The number of rotatable bonds is 8. The summed E-state index contributed by atoms with van der Waals surface area (Å²) < 4.78 is 26.2. The van der Waals surface area contributed by atoms with Gasteiger partial charge >= 0.3 is 0 Å². The molecule has 9 nitrogen and oxygen atoms in total. The molecule has 1 saturated heterocycles. The largest absolute Gasteiger partial charge is 0.368 e. The van der Waals surface area contributed by atoms with Gasteiger partial charge in [-0.2, -0.15) is 4.98 Å². The lowest BCUT2D eigenvalue weighted by Gasteiger charge is -2.38. The number of halogens is 2. The summed E-state index contributed by atoms with van der Waals surface area (Å²) in [4.78, 5) is 37.7. The number of nitrogens with zero attached hydrogens (tertiary/aromatic N) is 4. The Balaban J connectivity index is 1.89. The molecular weight excluding hydrogens is 408 g/mol. The number of unbranched alkanes of at least 4 members (excludes halogenated alkanes) is 1. The van der Waals surface area contributed by atoms with Crippen molar-refractivity contribution in [3.8, 4) is 0 Å². The third kappa shape index (κ3) is 5.33. The summed E-state index contributed by atoms with van der Waals surface area (Å²) >= 11 is 0. The second-order valence-electron chi connectivity index (χ2n) is 8.24. The number of anilines is 2. The van der Waals surface area contributed by atoms with Crippen LogP contribution in [-0.2, 0) is 4.79 Å². The van der Waals surface area contributed by atoms with E-state index in [0.29, 0.717) is 23.4 Å². The molecule has 2 aromatic rings. The van der Waals surface area contributed by atoms with Gasteiger partial charge in [-0.3, -0.25) is 9.59 Å². The molecule has 11 heteroatoms. The summed E-state index contributed by atoms with van der Waals surface area (Å²) in [6, 6.07) is 1.47. The number of aromatic nitrogens is 3. The number of amides is 2. The van der Waals surface area contributed by atoms with Gasteiger partial charge in [0.05, 0.1) is 29.7 Å². The minimum atomic E-state index is -2.85. The van der Waals surface area contributed by atoms with Crippen molar-refractivity contribution in [1.82, 2.24) is 25.2 Å². The van der Waals surface area contributed by atoms with E-state index in [-0.39, 0.29) is 17.4 Å². The number of hydrogen-bond donors (Lipinski definition) is 3. The van der Waals surface area contributed by atoms with Crippen LogP contribution in [0, 0.1) is 0 Å².